The number of aliphatic hydroxyl groups excluding tert-OH is 7. The molecule has 0 aliphatic carbocycles. The van der Waals surface area contributed by atoms with Crippen LogP contribution in [0.1, 0.15) is 13.8 Å². The van der Waals surface area contributed by atoms with Gasteiger partial charge in [-0.15, -0.1) is 0 Å². The predicted molar refractivity (Wildman–Crippen MR) is 129 cm³/mol. The van der Waals surface area contributed by atoms with Crippen molar-refractivity contribution in [3.8, 4) is 0 Å². The second-order valence-electron chi connectivity index (χ2n) is 9.97. The average Bonchev–Trinajstić information content (AvgIpc) is 2.93. The predicted octanol–water partition coefficient (Wildman–Crippen LogP) is -9.89. The van der Waals surface area contributed by atoms with Gasteiger partial charge in [-0.05, 0) is 12.8 Å². The van der Waals surface area contributed by atoms with Gasteiger partial charge in [-0.1, -0.05) is 0 Å². The molecule has 19 nitrogen and oxygen atoms in total. The van der Waals surface area contributed by atoms with Crippen molar-refractivity contribution in [2.24, 2.45) is 4.99 Å². The molecule has 20 heteroatoms. The molecule has 0 spiro atoms. The summed E-state index contributed by atoms with van der Waals surface area (Å²) < 4.78 is 32.6. The van der Waals surface area contributed by atoms with Gasteiger partial charge in [0.05, 0.1) is 13.2 Å². The molecule has 0 radical (unpaired) electrons. The quantitative estimate of drug-likeness (QED) is 0.0611. The number of aliphatic carboxylic acids is 1. The van der Waals surface area contributed by atoms with Crippen LogP contribution in [0, 0.1) is 0 Å². The van der Waals surface area contributed by atoms with Crippen LogP contribution in [0.25, 0.3) is 0 Å². The molecule has 242 valence electrons. The van der Waals surface area contributed by atoms with Gasteiger partial charge in [0.25, 0.3) is 0 Å². The molecule has 1 amide bonds. The average molecular weight is 637 g/mol. The van der Waals surface area contributed by atoms with Crippen molar-refractivity contribution >= 4 is 17.8 Å². The third-order valence-electron chi connectivity index (χ3n) is 7.01. The van der Waals surface area contributed by atoms with E-state index in [0.717, 1.165) is 13.8 Å². The van der Waals surface area contributed by atoms with Crippen LogP contribution in [0.4, 0.5) is 0 Å². The monoisotopic (exact) mass is 636 g/mol. The van der Waals surface area contributed by atoms with E-state index in [9.17, 15) is 55.5 Å². The summed E-state index contributed by atoms with van der Waals surface area (Å²) in [6, 6.07) is -2.89. The summed E-state index contributed by atoms with van der Waals surface area (Å²) >= 11 is 0. The van der Waals surface area contributed by atoms with E-state index in [4.69, 9.17) is 28.4 Å². The standard InChI is InChI=1S/C23H38N2O17.Na/c1-6(28)24-10-14(32)12(30)8(4-26)39-22(10)41-18-15(33)16(34)23(42-19(18)20(35)36)40-17-11(25-7(2)29)21(37-3)38-9(5-27)13(17)31;/h8-19,21-23,26-27,30-34H,4-5H2,1-3H3,(H,24,28)(H,25,29)(H,35,36);/q;+1/p-1/t8-,9-,10-,11-,12-,13-,14-,15-,16-,17-,18+,19+,21-,22+,23-;/m1./s1. The number of hydrogen-bond acceptors (Lipinski definition) is 17. The number of carboxylic acid groups (broad SMARTS) is 1. The summed E-state index contributed by atoms with van der Waals surface area (Å²) in [5.74, 6) is -3.17. The Kier molecular flexibility index (Phi) is 14.6. The van der Waals surface area contributed by atoms with Crippen LogP contribution in [0.3, 0.4) is 0 Å². The maximum Gasteiger partial charge on any atom is 1.00 e. The van der Waals surface area contributed by atoms with Gasteiger partial charge in [-0.2, -0.15) is 0 Å². The Morgan fingerprint density at radius 1 is 0.814 bits per heavy atom. The van der Waals surface area contributed by atoms with E-state index >= 15 is 0 Å². The number of carboxylic acids is 1. The zero-order valence-corrected chi connectivity index (χ0v) is 25.8. The summed E-state index contributed by atoms with van der Waals surface area (Å²) in [6.45, 7) is 0.618. The van der Waals surface area contributed by atoms with E-state index in [-0.39, 0.29) is 29.6 Å². The Morgan fingerprint density at radius 2 is 1.37 bits per heavy atom. The topological polar surface area (TPSA) is 299 Å². The second-order valence-corrected chi connectivity index (χ2v) is 9.97. The van der Waals surface area contributed by atoms with Crippen LogP contribution in [0.2, 0.25) is 0 Å². The van der Waals surface area contributed by atoms with Gasteiger partial charge < -0.3 is 79.7 Å². The van der Waals surface area contributed by atoms with E-state index in [2.05, 4.69) is 10.3 Å². The summed E-state index contributed by atoms with van der Waals surface area (Å²) in [5, 5.41) is 96.3. The minimum absolute atomic E-state index is 0. The number of rotatable bonds is 10. The molecule has 3 saturated heterocycles. The van der Waals surface area contributed by atoms with Crippen molar-refractivity contribution in [1.82, 2.24) is 5.32 Å². The van der Waals surface area contributed by atoms with Crippen molar-refractivity contribution in [3.63, 3.8) is 0 Å². The molecule has 3 rings (SSSR count). The normalized spacial score (nSPS) is 43.9. The summed E-state index contributed by atoms with van der Waals surface area (Å²) in [5.41, 5.74) is 0. The summed E-state index contributed by atoms with van der Waals surface area (Å²) in [4.78, 5) is 27.6. The zero-order valence-electron chi connectivity index (χ0n) is 23.8. The SMILES string of the molecule is CO[C@@H]1O[C@H](CO)[C@@H](O)[C@H](O[C@@H]2O[C@H](C(=O)O)[C@@H](O[C@@H]3O[C@H](CO)[C@@H](O)[C@H](O)[C@H]3N=C(C)[O-])[C@H](O)[C@H]2O)[C@H]1NC(C)=O.[Na+]. The van der Waals surface area contributed by atoms with Gasteiger partial charge in [-0.3, -0.25) is 9.79 Å². The Balaban J connectivity index is 0.00000645. The molecule has 0 unspecified atom stereocenters. The zero-order chi connectivity index (χ0) is 31.5. The molecule has 3 fully saturated rings. The van der Waals surface area contributed by atoms with Crippen LogP contribution in [-0.4, -0.2) is 171 Å². The first-order chi connectivity index (χ1) is 19.7. The summed E-state index contributed by atoms with van der Waals surface area (Å²) in [7, 11) is 1.21. The first kappa shape index (κ1) is 38.1. The van der Waals surface area contributed by atoms with Crippen molar-refractivity contribution in [3.05, 3.63) is 0 Å². The molecule has 0 bridgehead atoms. The Bertz CT molecular complexity index is 959. The first-order valence-corrected chi connectivity index (χ1v) is 12.9. The Hall–Kier alpha value is -1.11. The molecular weight excluding hydrogens is 599 g/mol. The van der Waals surface area contributed by atoms with E-state index in [1.54, 1.807) is 0 Å². The first-order valence-electron chi connectivity index (χ1n) is 12.9. The van der Waals surface area contributed by atoms with Gasteiger partial charge in [0.1, 0.15) is 67.0 Å². The number of hydrogen-bond donors (Lipinski definition) is 9. The molecule has 0 aromatic rings. The molecule has 43 heavy (non-hydrogen) atoms. The number of aliphatic imine (C=N–C) groups is 1. The fraction of sp³-hybridized carbons (Fsp3) is 0.870. The number of nitrogens with one attached hydrogen (secondary N) is 1. The maximum absolute atomic E-state index is 12.2. The molecule has 3 aliphatic heterocycles. The molecule has 9 N–H and O–H groups in total. The minimum atomic E-state index is -2.12. The number of carbonyl (C=O) groups is 2. The third kappa shape index (κ3) is 8.58. The number of amides is 1. The smallest absolute Gasteiger partial charge is 0.862 e. The Morgan fingerprint density at radius 3 is 1.88 bits per heavy atom. The molecule has 3 heterocycles. The molecule has 0 aromatic heterocycles. The number of nitrogens with zero attached hydrogens (tertiary/aromatic N) is 1. The third-order valence-corrected chi connectivity index (χ3v) is 7.01. The van der Waals surface area contributed by atoms with E-state index in [1.807, 2.05) is 0 Å². The minimum Gasteiger partial charge on any atom is -0.862 e. The largest absolute Gasteiger partial charge is 1.00 e. The van der Waals surface area contributed by atoms with Crippen LogP contribution >= 0.6 is 0 Å². The van der Waals surface area contributed by atoms with Crippen molar-refractivity contribution < 1.29 is 114 Å². The van der Waals surface area contributed by atoms with Gasteiger partial charge in [0.2, 0.25) is 5.91 Å². The van der Waals surface area contributed by atoms with Crippen LogP contribution in [0.5, 0.6) is 0 Å². The molecule has 15 atom stereocenters. The van der Waals surface area contributed by atoms with Crippen molar-refractivity contribution in [1.29, 1.82) is 0 Å². The fourth-order valence-electron chi connectivity index (χ4n) is 4.96. The molecule has 3 aliphatic rings. The summed E-state index contributed by atoms with van der Waals surface area (Å²) in [6.07, 6.45) is -22.8. The van der Waals surface area contributed by atoms with Crippen molar-refractivity contribution in [2.45, 2.75) is 106 Å². The van der Waals surface area contributed by atoms with Crippen LogP contribution in [0.15, 0.2) is 4.99 Å². The van der Waals surface area contributed by atoms with Gasteiger partial charge in [0.15, 0.2) is 25.0 Å². The van der Waals surface area contributed by atoms with Gasteiger partial charge in [0, 0.05) is 14.0 Å². The van der Waals surface area contributed by atoms with Crippen LogP contribution in [-0.2, 0) is 38.0 Å². The second kappa shape index (κ2) is 16.5. The van der Waals surface area contributed by atoms with Crippen molar-refractivity contribution in [2.75, 3.05) is 20.3 Å². The fourth-order valence-corrected chi connectivity index (χ4v) is 4.96. The number of methoxy groups -OCH3 is 1. The van der Waals surface area contributed by atoms with Gasteiger partial charge in [-0.25, -0.2) is 4.79 Å². The van der Waals surface area contributed by atoms with E-state index < -0.39 is 123 Å². The molecule has 0 saturated carbocycles. The maximum atomic E-state index is 12.2. The Labute approximate surface area is 267 Å². The van der Waals surface area contributed by atoms with Gasteiger partial charge >= 0.3 is 35.5 Å². The van der Waals surface area contributed by atoms with E-state index in [1.165, 1.54) is 7.11 Å². The molecule has 0 aromatic carbocycles. The van der Waals surface area contributed by atoms with Crippen LogP contribution < -0.4 is 40.0 Å². The van der Waals surface area contributed by atoms with E-state index in [0.29, 0.717) is 0 Å². The molecular formula is C23H37N2NaO17. The number of carbonyl (C=O) groups excluding carboxylic acids is 1. The number of aliphatic hydroxyl groups is 7. The number of ether oxygens (including phenoxy) is 6.